The van der Waals surface area contributed by atoms with Crippen LogP contribution in [0.25, 0.3) is 0 Å². The van der Waals surface area contributed by atoms with Crippen LogP contribution in [0.2, 0.25) is 0 Å². The van der Waals surface area contributed by atoms with Crippen molar-refractivity contribution >= 4 is 15.9 Å². The zero-order valence-corrected chi connectivity index (χ0v) is 18.7. The summed E-state index contributed by atoms with van der Waals surface area (Å²) < 4.78 is 39.7. The molecule has 0 spiro atoms. The number of sulfonamides is 1. The largest absolute Gasteiger partial charge is 0.381 e. The van der Waals surface area contributed by atoms with Crippen molar-refractivity contribution in [3.63, 3.8) is 0 Å². The summed E-state index contributed by atoms with van der Waals surface area (Å²) in [7, 11) is 0.0457. The minimum Gasteiger partial charge on any atom is -0.381 e. The minimum absolute atomic E-state index is 0.00887. The minimum atomic E-state index is -3.38. The molecule has 0 saturated heterocycles. The molecule has 3 aliphatic carbocycles. The van der Waals surface area contributed by atoms with Crippen molar-refractivity contribution in [3.8, 4) is 0 Å². The van der Waals surface area contributed by atoms with Crippen LogP contribution < -0.4 is 10.0 Å². The first-order valence-corrected chi connectivity index (χ1v) is 12.8. The van der Waals surface area contributed by atoms with Crippen molar-refractivity contribution in [2.24, 2.45) is 5.92 Å². The molecule has 0 aromatic carbocycles. The molecule has 0 radical (unpaired) electrons. The average molecular weight is 431 g/mol. The number of hydrogen-bond donors (Lipinski definition) is 2. The summed E-state index contributed by atoms with van der Waals surface area (Å²) in [6, 6.07) is -0.0421. The highest BCUT2D eigenvalue weighted by Gasteiger charge is 2.36. The molecule has 4 atom stereocenters. The molecule has 1 amide bonds. The standard InChI is InChI=1S/C21H38N2O5S/c1-27-18-11-9-16(10-12-18)23-29(25,26)20-8-4-6-17(14-20)22-21(24)15-5-3-7-19(13-15)28-2/h15-20,23H,3-14H2,1-2H3,(H,22,24). The second kappa shape index (κ2) is 10.6. The summed E-state index contributed by atoms with van der Waals surface area (Å²) in [6.45, 7) is 0. The maximum Gasteiger partial charge on any atom is 0.223 e. The van der Waals surface area contributed by atoms with Crippen LogP contribution in [0.5, 0.6) is 0 Å². The number of methoxy groups -OCH3 is 2. The number of rotatable bonds is 7. The lowest BCUT2D eigenvalue weighted by Crippen LogP contribution is -2.49. The molecule has 0 bridgehead atoms. The third-order valence-electron chi connectivity index (χ3n) is 7.08. The molecule has 0 aromatic heterocycles. The van der Waals surface area contributed by atoms with Crippen LogP contribution in [0.1, 0.15) is 77.0 Å². The number of hydrogen-bond acceptors (Lipinski definition) is 5. The van der Waals surface area contributed by atoms with Gasteiger partial charge in [-0.2, -0.15) is 0 Å². The summed E-state index contributed by atoms with van der Waals surface area (Å²) in [6.07, 6.45) is 10.4. The Hall–Kier alpha value is -0.700. The van der Waals surface area contributed by atoms with Crippen LogP contribution in [0.3, 0.4) is 0 Å². The summed E-state index contributed by atoms with van der Waals surface area (Å²) in [5, 5.41) is 2.73. The Morgan fingerprint density at radius 1 is 0.793 bits per heavy atom. The van der Waals surface area contributed by atoms with Crippen molar-refractivity contribution in [1.82, 2.24) is 10.0 Å². The number of carbonyl (C=O) groups excluding carboxylic acids is 1. The molecule has 4 unspecified atom stereocenters. The molecule has 3 saturated carbocycles. The predicted molar refractivity (Wildman–Crippen MR) is 112 cm³/mol. The lowest BCUT2D eigenvalue weighted by atomic mass is 9.86. The van der Waals surface area contributed by atoms with Crippen molar-refractivity contribution in [1.29, 1.82) is 0 Å². The van der Waals surface area contributed by atoms with Gasteiger partial charge in [-0.3, -0.25) is 4.79 Å². The molecule has 0 aliphatic heterocycles. The number of amides is 1. The van der Waals surface area contributed by atoms with Gasteiger partial charge in [0.1, 0.15) is 0 Å². The van der Waals surface area contributed by atoms with Gasteiger partial charge in [-0.15, -0.1) is 0 Å². The Balaban J connectivity index is 1.49. The van der Waals surface area contributed by atoms with Gasteiger partial charge in [-0.25, -0.2) is 13.1 Å². The van der Waals surface area contributed by atoms with Crippen molar-refractivity contribution in [2.45, 2.75) is 107 Å². The summed E-state index contributed by atoms with van der Waals surface area (Å²) in [5.74, 6) is 0.0559. The molecule has 3 aliphatic rings. The van der Waals surface area contributed by atoms with Crippen LogP contribution in [0.4, 0.5) is 0 Å². The average Bonchev–Trinajstić information content (AvgIpc) is 2.74. The Bertz CT molecular complexity index is 633. The maximum atomic E-state index is 12.9. The van der Waals surface area contributed by atoms with E-state index < -0.39 is 15.3 Å². The lowest BCUT2D eigenvalue weighted by molar-refractivity contribution is -0.128. The van der Waals surface area contributed by atoms with Crippen molar-refractivity contribution in [3.05, 3.63) is 0 Å². The molecular formula is C21H38N2O5S. The van der Waals surface area contributed by atoms with E-state index in [9.17, 15) is 13.2 Å². The topological polar surface area (TPSA) is 93.7 Å². The van der Waals surface area contributed by atoms with Gasteiger partial charge in [-0.1, -0.05) is 12.8 Å². The van der Waals surface area contributed by atoms with Gasteiger partial charge in [0.2, 0.25) is 15.9 Å². The SMILES string of the molecule is COC1CCC(NS(=O)(=O)C2CCCC(NC(=O)C3CCCC(OC)C3)C2)CC1. The van der Waals surface area contributed by atoms with Gasteiger partial charge in [0.25, 0.3) is 0 Å². The number of carbonyl (C=O) groups is 1. The second-order valence-corrected chi connectivity index (χ2v) is 11.1. The molecule has 0 aromatic rings. The first-order valence-electron chi connectivity index (χ1n) is 11.3. The maximum absolute atomic E-state index is 12.9. The molecule has 2 N–H and O–H groups in total. The van der Waals surface area contributed by atoms with E-state index >= 15 is 0 Å². The third kappa shape index (κ3) is 6.39. The Labute approximate surface area is 175 Å². The Morgan fingerprint density at radius 2 is 1.48 bits per heavy atom. The summed E-state index contributed by atoms with van der Waals surface area (Å²) >= 11 is 0. The highest BCUT2D eigenvalue weighted by Crippen LogP contribution is 2.29. The van der Waals surface area contributed by atoms with Gasteiger partial charge in [0.05, 0.1) is 17.5 Å². The van der Waals surface area contributed by atoms with Crippen LogP contribution in [-0.4, -0.2) is 58.1 Å². The van der Waals surface area contributed by atoms with Crippen LogP contribution in [0.15, 0.2) is 0 Å². The van der Waals surface area contributed by atoms with E-state index in [4.69, 9.17) is 9.47 Å². The summed E-state index contributed by atoms with van der Waals surface area (Å²) in [4.78, 5) is 12.7. The number of nitrogens with one attached hydrogen (secondary N) is 2. The quantitative estimate of drug-likeness (QED) is 0.647. The second-order valence-electron chi connectivity index (χ2n) is 9.09. The molecule has 3 fully saturated rings. The van der Waals surface area contributed by atoms with Crippen molar-refractivity contribution < 1.29 is 22.7 Å². The zero-order valence-electron chi connectivity index (χ0n) is 17.9. The predicted octanol–water partition coefficient (Wildman–Crippen LogP) is 2.50. The summed E-state index contributed by atoms with van der Waals surface area (Å²) in [5.41, 5.74) is 0. The van der Waals surface area contributed by atoms with Gasteiger partial charge < -0.3 is 14.8 Å². The van der Waals surface area contributed by atoms with E-state index in [1.54, 1.807) is 14.2 Å². The number of ether oxygens (including phenoxy) is 2. The molecule has 7 nitrogen and oxygen atoms in total. The van der Waals surface area contributed by atoms with Crippen molar-refractivity contribution in [2.75, 3.05) is 14.2 Å². The zero-order chi connectivity index (χ0) is 20.9. The van der Waals surface area contributed by atoms with Crippen LogP contribution >= 0.6 is 0 Å². The fourth-order valence-electron chi connectivity index (χ4n) is 5.22. The normalized spacial score (nSPS) is 36.5. The van der Waals surface area contributed by atoms with E-state index in [-0.39, 0.29) is 36.1 Å². The van der Waals surface area contributed by atoms with E-state index in [1.807, 2.05) is 0 Å². The van der Waals surface area contributed by atoms with Gasteiger partial charge in [0.15, 0.2) is 0 Å². The first kappa shape index (κ1) is 23.0. The molecule has 168 valence electrons. The van der Waals surface area contributed by atoms with Crippen LogP contribution in [0, 0.1) is 5.92 Å². The van der Waals surface area contributed by atoms with E-state index in [0.717, 1.165) is 64.2 Å². The highest BCUT2D eigenvalue weighted by molar-refractivity contribution is 7.90. The Kier molecular flexibility index (Phi) is 8.36. The van der Waals surface area contributed by atoms with E-state index in [0.29, 0.717) is 12.8 Å². The molecule has 8 heteroatoms. The fraction of sp³-hybridized carbons (Fsp3) is 0.952. The molecule has 3 rings (SSSR count). The van der Waals surface area contributed by atoms with Crippen LogP contribution in [-0.2, 0) is 24.3 Å². The highest BCUT2D eigenvalue weighted by atomic mass is 32.2. The third-order valence-corrected chi connectivity index (χ3v) is 9.05. The monoisotopic (exact) mass is 430 g/mol. The lowest BCUT2D eigenvalue weighted by Gasteiger charge is -2.34. The van der Waals surface area contributed by atoms with Gasteiger partial charge in [-0.05, 0) is 64.2 Å². The van der Waals surface area contributed by atoms with Gasteiger partial charge in [0, 0.05) is 32.2 Å². The molecule has 0 heterocycles. The molecular weight excluding hydrogens is 392 g/mol. The van der Waals surface area contributed by atoms with E-state index in [1.165, 1.54) is 0 Å². The Morgan fingerprint density at radius 3 is 2.17 bits per heavy atom. The smallest absolute Gasteiger partial charge is 0.223 e. The fourth-order valence-corrected chi connectivity index (χ4v) is 7.07. The molecule has 29 heavy (non-hydrogen) atoms. The van der Waals surface area contributed by atoms with Gasteiger partial charge >= 0.3 is 0 Å². The first-order chi connectivity index (χ1) is 13.9. The van der Waals surface area contributed by atoms with E-state index in [2.05, 4.69) is 10.0 Å².